The molecule has 144 valence electrons. The van der Waals surface area contributed by atoms with Crippen molar-refractivity contribution in [3.05, 3.63) is 95.3 Å². The Morgan fingerprint density at radius 3 is 2.43 bits per heavy atom. The van der Waals surface area contributed by atoms with Gasteiger partial charge in [-0.2, -0.15) is 13.2 Å². The molecule has 1 heterocycles. The average molecular weight is 386 g/mol. The van der Waals surface area contributed by atoms with Gasteiger partial charge in [-0.3, -0.25) is 9.78 Å². The molecule has 0 saturated heterocycles. The number of ether oxygens (including phenoxy) is 1. The maximum atomic E-state index is 12.7. The number of nitrogens with one attached hydrogen (secondary N) is 1. The van der Waals surface area contributed by atoms with Gasteiger partial charge in [-0.05, 0) is 48.0 Å². The van der Waals surface area contributed by atoms with Crippen molar-refractivity contribution in [3.63, 3.8) is 0 Å². The fourth-order valence-corrected chi connectivity index (χ4v) is 2.49. The summed E-state index contributed by atoms with van der Waals surface area (Å²) in [5.74, 6) is 0.217. The number of hydrogen-bond donors (Lipinski definition) is 1. The third-order valence-electron chi connectivity index (χ3n) is 3.95. The summed E-state index contributed by atoms with van der Waals surface area (Å²) in [7, 11) is 0. The van der Waals surface area contributed by atoms with E-state index in [4.69, 9.17) is 4.74 Å². The second kappa shape index (κ2) is 8.56. The van der Waals surface area contributed by atoms with E-state index in [1.165, 1.54) is 12.1 Å². The molecule has 3 rings (SSSR count). The quantitative estimate of drug-likeness (QED) is 0.673. The van der Waals surface area contributed by atoms with E-state index in [1.54, 1.807) is 36.7 Å². The van der Waals surface area contributed by atoms with Gasteiger partial charge in [0.1, 0.15) is 12.4 Å². The number of hydrogen-bond acceptors (Lipinski definition) is 3. The van der Waals surface area contributed by atoms with Gasteiger partial charge in [0.15, 0.2) is 0 Å². The van der Waals surface area contributed by atoms with E-state index >= 15 is 0 Å². The highest BCUT2D eigenvalue weighted by atomic mass is 19.4. The van der Waals surface area contributed by atoms with Crippen molar-refractivity contribution in [1.82, 2.24) is 10.3 Å². The van der Waals surface area contributed by atoms with Crippen LogP contribution in [0.15, 0.2) is 73.1 Å². The molecule has 3 aromatic rings. The van der Waals surface area contributed by atoms with Crippen molar-refractivity contribution in [3.8, 4) is 5.75 Å². The summed E-state index contributed by atoms with van der Waals surface area (Å²) >= 11 is 0. The van der Waals surface area contributed by atoms with Crippen LogP contribution in [0.2, 0.25) is 0 Å². The number of carbonyl (C=O) groups is 1. The van der Waals surface area contributed by atoms with Crippen molar-refractivity contribution in [2.45, 2.75) is 19.3 Å². The number of amides is 1. The Hall–Kier alpha value is -3.35. The summed E-state index contributed by atoms with van der Waals surface area (Å²) in [5.41, 5.74) is 0.945. The van der Waals surface area contributed by atoms with E-state index in [9.17, 15) is 18.0 Å². The van der Waals surface area contributed by atoms with Crippen LogP contribution >= 0.6 is 0 Å². The lowest BCUT2D eigenvalue weighted by Gasteiger charge is -2.10. The van der Waals surface area contributed by atoms with Crippen LogP contribution in [0.5, 0.6) is 5.75 Å². The molecule has 0 aliphatic rings. The molecule has 4 nitrogen and oxygen atoms in total. The van der Waals surface area contributed by atoms with Crippen LogP contribution in [-0.4, -0.2) is 10.9 Å². The number of aromatic nitrogens is 1. The standard InChI is InChI=1S/C21H17F3N2O2/c22-21(23,24)18-5-1-3-15(11-18)13-26-20(27)17-6-8-19(9-7-17)28-14-16-4-2-10-25-12-16/h1-12H,13-14H2,(H,26,27). The summed E-state index contributed by atoms with van der Waals surface area (Å²) in [6, 6.07) is 15.1. The van der Waals surface area contributed by atoms with E-state index in [0.29, 0.717) is 23.5 Å². The highest BCUT2D eigenvalue weighted by molar-refractivity contribution is 5.94. The fraction of sp³-hybridized carbons (Fsp3) is 0.143. The van der Waals surface area contributed by atoms with Gasteiger partial charge in [0.25, 0.3) is 5.91 Å². The van der Waals surface area contributed by atoms with E-state index in [2.05, 4.69) is 10.3 Å². The lowest BCUT2D eigenvalue weighted by molar-refractivity contribution is -0.137. The number of alkyl halides is 3. The van der Waals surface area contributed by atoms with Crippen LogP contribution in [0.1, 0.15) is 27.0 Å². The topological polar surface area (TPSA) is 51.2 Å². The summed E-state index contributed by atoms with van der Waals surface area (Å²) in [6.45, 7) is 0.358. The molecule has 0 radical (unpaired) electrons. The minimum atomic E-state index is -4.41. The zero-order valence-electron chi connectivity index (χ0n) is 14.7. The first-order valence-corrected chi connectivity index (χ1v) is 8.48. The number of carbonyl (C=O) groups excluding carboxylic acids is 1. The highest BCUT2D eigenvalue weighted by Gasteiger charge is 2.30. The zero-order chi connectivity index (χ0) is 20.0. The molecule has 0 fully saturated rings. The summed E-state index contributed by atoms with van der Waals surface area (Å²) in [5, 5.41) is 2.62. The van der Waals surface area contributed by atoms with Gasteiger partial charge in [0.05, 0.1) is 5.56 Å². The maximum absolute atomic E-state index is 12.7. The van der Waals surface area contributed by atoms with E-state index in [1.807, 2.05) is 12.1 Å². The Balaban J connectivity index is 1.55. The first-order valence-electron chi connectivity index (χ1n) is 8.48. The summed E-state index contributed by atoms with van der Waals surface area (Å²) in [4.78, 5) is 16.2. The van der Waals surface area contributed by atoms with Gasteiger partial charge in [-0.15, -0.1) is 0 Å². The predicted octanol–water partition coefficient (Wildman–Crippen LogP) is 4.61. The van der Waals surface area contributed by atoms with E-state index < -0.39 is 11.7 Å². The molecule has 0 aliphatic heterocycles. The van der Waals surface area contributed by atoms with Crippen LogP contribution in [0.25, 0.3) is 0 Å². The maximum Gasteiger partial charge on any atom is 0.416 e. The molecular weight excluding hydrogens is 369 g/mol. The Bertz CT molecular complexity index is 926. The third-order valence-corrected chi connectivity index (χ3v) is 3.95. The second-order valence-electron chi connectivity index (χ2n) is 6.06. The summed E-state index contributed by atoms with van der Waals surface area (Å²) < 4.78 is 43.8. The molecule has 1 aromatic heterocycles. The van der Waals surface area contributed by atoms with Crippen LogP contribution < -0.4 is 10.1 Å². The van der Waals surface area contributed by atoms with Crippen molar-refractivity contribution < 1.29 is 22.7 Å². The molecule has 0 spiro atoms. The third kappa shape index (κ3) is 5.33. The van der Waals surface area contributed by atoms with Gasteiger partial charge in [0.2, 0.25) is 0 Å². The molecule has 1 N–H and O–H groups in total. The molecule has 0 aliphatic carbocycles. The molecule has 28 heavy (non-hydrogen) atoms. The molecule has 0 saturated carbocycles. The molecule has 2 aromatic carbocycles. The molecule has 0 unspecified atom stereocenters. The predicted molar refractivity (Wildman–Crippen MR) is 97.6 cm³/mol. The van der Waals surface area contributed by atoms with Gasteiger partial charge < -0.3 is 10.1 Å². The lowest BCUT2D eigenvalue weighted by atomic mass is 10.1. The van der Waals surface area contributed by atoms with Crippen molar-refractivity contribution >= 4 is 5.91 Å². The van der Waals surface area contributed by atoms with Crippen LogP contribution in [0, 0.1) is 0 Å². The minimum Gasteiger partial charge on any atom is -0.489 e. The average Bonchev–Trinajstić information content (AvgIpc) is 2.71. The number of pyridine rings is 1. The van der Waals surface area contributed by atoms with Gasteiger partial charge >= 0.3 is 6.18 Å². The second-order valence-corrected chi connectivity index (χ2v) is 6.06. The monoisotopic (exact) mass is 386 g/mol. The summed E-state index contributed by atoms with van der Waals surface area (Å²) in [6.07, 6.45) is -1.03. The van der Waals surface area contributed by atoms with Crippen LogP contribution in [-0.2, 0) is 19.3 Å². The largest absolute Gasteiger partial charge is 0.489 e. The van der Waals surface area contributed by atoms with E-state index in [-0.39, 0.29) is 12.5 Å². The lowest BCUT2D eigenvalue weighted by Crippen LogP contribution is -2.23. The van der Waals surface area contributed by atoms with Gasteiger partial charge in [-0.1, -0.05) is 18.2 Å². The Labute approximate surface area is 160 Å². The highest BCUT2D eigenvalue weighted by Crippen LogP contribution is 2.29. The van der Waals surface area contributed by atoms with Crippen molar-refractivity contribution in [2.24, 2.45) is 0 Å². The molecule has 7 heteroatoms. The first kappa shape index (κ1) is 19.4. The Kier molecular flexibility index (Phi) is 5.93. The molecule has 0 bridgehead atoms. The zero-order valence-corrected chi connectivity index (χ0v) is 14.7. The van der Waals surface area contributed by atoms with Crippen LogP contribution in [0.4, 0.5) is 13.2 Å². The van der Waals surface area contributed by atoms with Crippen LogP contribution in [0.3, 0.4) is 0 Å². The fourth-order valence-electron chi connectivity index (χ4n) is 2.49. The van der Waals surface area contributed by atoms with E-state index in [0.717, 1.165) is 17.7 Å². The van der Waals surface area contributed by atoms with Crippen molar-refractivity contribution in [2.75, 3.05) is 0 Å². The smallest absolute Gasteiger partial charge is 0.416 e. The van der Waals surface area contributed by atoms with Crippen molar-refractivity contribution in [1.29, 1.82) is 0 Å². The normalized spacial score (nSPS) is 11.1. The van der Waals surface area contributed by atoms with Gasteiger partial charge in [-0.25, -0.2) is 0 Å². The minimum absolute atomic E-state index is 0.00200. The first-order chi connectivity index (χ1) is 13.4. The number of nitrogens with zero attached hydrogens (tertiary/aromatic N) is 1. The molecular formula is C21H17F3N2O2. The molecule has 1 amide bonds. The number of halogens is 3. The number of benzene rings is 2. The molecule has 0 atom stereocenters. The Morgan fingerprint density at radius 1 is 1.00 bits per heavy atom. The van der Waals surface area contributed by atoms with Gasteiger partial charge in [0, 0.05) is 30.1 Å². The SMILES string of the molecule is O=C(NCc1cccc(C(F)(F)F)c1)c1ccc(OCc2cccnc2)cc1. The number of rotatable bonds is 6. The Morgan fingerprint density at radius 2 is 1.75 bits per heavy atom.